The predicted octanol–water partition coefficient (Wildman–Crippen LogP) is 2.19. The Labute approximate surface area is 96.5 Å². The Kier molecular flexibility index (Phi) is 2.97. The number of likely N-dealkylation sites (N-methyl/N-ethyl adjacent to an activating group) is 1. The summed E-state index contributed by atoms with van der Waals surface area (Å²) < 4.78 is 0. The standard InChI is InChI=1S/C13H18N2O/c1-9(2)10-4-5-11-7-15(3)8-13(16)14-12(11)6-10/h4-6,9H,7-8H2,1-3H3,(H,14,16). The summed E-state index contributed by atoms with van der Waals surface area (Å²) in [4.78, 5) is 13.6. The fraction of sp³-hybridized carbons (Fsp3) is 0.462. The maximum absolute atomic E-state index is 11.6. The largest absolute Gasteiger partial charge is 0.325 e. The normalized spacial score (nSPS) is 16.9. The summed E-state index contributed by atoms with van der Waals surface area (Å²) in [5.41, 5.74) is 3.43. The van der Waals surface area contributed by atoms with Gasteiger partial charge in [0.15, 0.2) is 0 Å². The third kappa shape index (κ3) is 2.25. The lowest BCUT2D eigenvalue weighted by molar-refractivity contribution is -0.116. The van der Waals surface area contributed by atoms with Crippen LogP contribution in [0.15, 0.2) is 18.2 Å². The van der Waals surface area contributed by atoms with Gasteiger partial charge in [-0.05, 0) is 30.2 Å². The Bertz CT molecular complexity index is 412. The van der Waals surface area contributed by atoms with Crippen LogP contribution in [0, 0.1) is 0 Å². The average molecular weight is 218 g/mol. The lowest BCUT2D eigenvalue weighted by Crippen LogP contribution is -2.26. The summed E-state index contributed by atoms with van der Waals surface area (Å²) in [7, 11) is 1.96. The number of carbonyl (C=O) groups is 1. The van der Waals surface area contributed by atoms with E-state index in [1.165, 1.54) is 11.1 Å². The number of benzene rings is 1. The maximum Gasteiger partial charge on any atom is 0.238 e. The predicted molar refractivity (Wildman–Crippen MR) is 65.5 cm³/mol. The van der Waals surface area contributed by atoms with Crippen molar-refractivity contribution in [3.8, 4) is 0 Å². The second-order valence-electron chi connectivity index (χ2n) is 4.79. The number of anilines is 1. The maximum atomic E-state index is 11.6. The molecule has 0 aliphatic carbocycles. The molecule has 3 heteroatoms. The first-order valence-corrected chi connectivity index (χ1v) is 5.67. The average Bonchev–Trinajstić information content (AvgIpc) is 2.32. The topological polar surface area (TPSA) is 32.3 Å². The molecule has 2 rings (SSSR count). The van der Waals surface area contributed by atoms with E-state index in [2.05, 4.69) is 37.4 Å². The first-order valence-electron chi connectivity index (χ1n) is 5.67. The molecule has 1 heterocycles. The summed E-state index contributed by atoms with van der Waals surface area (Å²) in [6.07, 6.45) is 0. The molecule has 0 radical (unpaired) electrons. The quantitative estimate of drug-likeness (QED) is 0.783. The van der Waals surface area contributed by atoms with E-state index in [9.17, 15) is 4.79 Å². The highest BCUT2D eigenvalue weighted by atomic mass is 16.2. The summed E-state index contributed by atoms with van der Waals surface area (Å²) >= 11 is 0. The molecule has 0 spiro atoms. The van der Waals surface area contributed by atoms with Crippen LogP contribution in [-0.2, 0) is 11.3 Å². The smallest absolute Gasteiger partial charge is 0.238 e. The Hall–Kier alpha value is -1.35. The highest BCUT2D eigenvalue weighted by molar-refractivity contribution is 5.93. The second kappa shape index (κ2) is 4.26. The minimum Gasteiger partial charge on any atom is -0.325 e. The number of hydrogen-bond donors (Lipinski definition) is 1. The summed E-state index contributed by atoms with van der Waals surface area (Å²) in [6, 6.07) is 6.36. The molecule has 0 aromatic heterocycles. The number of rotatable bonds is 1. The molecule has 1 amide bonds. The van der Waals surface area contributed by atoms with Gasteiger partial charge in [0, 0.05) is 12.2 Å². The molecule has 1 N–H and O–H groups in total. The zero-order valence-electron chi connectivity index (χ0n) is 10.1. The minimum absolute atomic E-state index is 0.0714. The molecule has 0 unspecified atom stereocenters. The van der Waals surface area contributed by atoms with E-state index in [-0.39, 0.29) is 5.91 Å². The van der Waals surface area contributed by atoms with Gasteiger partial charge in [-0.2, -0.15) is 0 Å². The Balaban J connectivity index is 2.38. The van der Waals surface area contributed by atoms with Crippen LogP contribution in [0.25, 0.3) is 0 Å². The van der Waals surface area contributed by atoms with Crippen molar-refractivity contribution in [1.82, 2.24) is 4.90 Å². The van der Waals surface area contributed by atoms with Crippen molar-refractivity contribution in [3.63, 3.8) is 0 Å². The number of nitrogens with zero attached hydrogens (tertiary/aromatic N) is 1. The lowest BCUT2D eigenvalue weighted by atomic mass is 10.00. The third-order valence-corrected chi connectivity index (χ3v) is 2.93. The Morgan fingerprint density at radius 3 is 2.75 bits per heavy atom. The zero-order valence-corrected chi connectivity index (χ0v) is 10.1. The van der Waals surface area contributed by atoms with Crippen molar-refractivity contribution in [2.75, 3.05) is 18.9 Å². The number of nitrogens with one attached hydrogen (secondary N) is 1. The van der Waals surface area contributed by atoms with E-state index in [4.69, 9.17) is 0 Å². The van der Waals surface area contributed by atoms with E-state index in [1.807, 2.05) is 11.9 Å². The number of amides is 1. The van der Waals surface area contributed by atoms with E-state index in [0.29, 0.717) is 12.5 Å². The van der Waals surface area contributed by atoms with Gasteiger partial charge in [0.2, 0.25) is 5.91 Å². The van der Waals surface area contributed by atoms with Crippen LogP contribution in [0.4, 0.5) is 5.69 Å². The van der Waals surface area contributed by atoms with Crippen LogP contribution in [0.2, 0.25) is 0 Å². The molecule has 0 fully saturated rings. The van der Waals surface area contributed by atoms with Gasteiger partial charge in [-0.15, -0.1) is 0 Å². The van der Waals surface area contributed by atoms with E-state index < -0.39 is 0 Å². The van der Waals surface area contributed by atoms with Crippen LogP contribution < -0.4 is 5.32 Å². The number of fused-ring (bicyclic) bond motifs is 1. The highest BCUT2D eigenvalue weighted by Crippen LogP contribution is 2.25. The molecule has 0 saturated heterocycles. The van der Waals surface area contributed by atoms with E-state index >= 15 is 0 Å². The molecular formula is C13H18N2O. The van der Waals surface area contributed by atoms with Crippen LogP contribution in [0.5, 0.6) is 0 Å². The molecular weight excluding hydrogens is 200 g/mol. The van der Waals surface area contributed by atoms with Gasteiger partial charge in [-0.1, -0.05) is 26.0 Å². The van der Waals surface area contributed by atoms with Crippen LogP contribution in [-0.4, -0.2) is 24.4 Å². The summed E-state index contributed by atoms with van der Waals surface area (Å²) in [6.45, 7) is 5.61. The molecule has 0 atom stereocenters. The highest BCUT2D eigenvalue weighted by Gasteiger charge is 2.16. The van der Waals surface area contributed by atoms with Crippen molar-refractivity contribution in [1.29, 1.82) is 0 Å². The zero-order chi connectivity index (χ0) is 11.7. The fourth-order valence-electron chi connectivity index (χ4n) is 1.99. The first kappa shape index (κ1) is 11.1. The van der Waals surface area contributed by atoms with Crippen molar-refractivity contribution >= 4 is 11.6 Å². The van der Waals surface area contributed by atoms with Crippen LogP contribution in [0.3, 0.4) is 0 Å². The SMILES string of the molecule is CC(C)c1ccc2c(c1)NC(=O)CN(C)C2. The van der Waals surface area contributed by atoms with Crippen molar-refractivity contribution in [3.05, 3.63) is 29.3 Å². The molecule has 3 nitrogen and oxygen atoms in total. The first-order chi connectivity index (χ1) is 7.56. The Morgan fingerprint density at radius 2 is 2.06 bits per heavy atom. The molecule has 1 aliphatic heterocycles. The monoisotopic (exact) mass is 218 g/mol. The van der Waals surface area contributed by atoms with Gasteiger partial charge in [-0.3, -0.25) is 9.69 Å². The number of carbonyl (C=O) groups excluding carboxylic acids is 1. The molecule has 1 aromatic carbocycles. The van der Waals surface area contributed by atoms with Gasteiger partial charge >= 0.3 is 0 Å². The second-order valence-corrected chi connectivity index (χ2v) is 4.79. The molecule has 1 aliphatic rings. The van der Waals surface area contributed by atoms with Gasteiger partial charge in [0.1, 0.15) is 0 Å². The molecule has 1 aromatic rings. The fourth-order valence-corrected chi connectivity index (χ4v) is 1.99. The molecule has 16 heavy (non-hydrogen) atoms. The van der Waals surface area contributed by atoms with Gasteiger partial charge in [-0.25, -0.2) is 0 Å². The summed E-state index contributed by atoms with van der Waals surface area (Å²) in [5.74, 6) is 0.561. The molecule has 0 bridgehead atoms. The van der Waals surface area contributed by atoms with Gasteiger partial charge in [0.25, 0.3) is 0 Å². The van der Waals surface area contributed by atoms with Gasteiger partial charge < -0.3 is 5.32 Å². The van der Waals surface area contributed by atoms with E-state index in [1.54, 1.807) is 0 Å². The minimum atomic E-state index is 0.0714. The van der Waals surface area contributed by atoms with Crippen molar-refractivity contribution < 1.29 is 4.79 Å². The number of hydrogen-bond acceptors (Lipinski definition) is 2. The van der Waals surface area contributed by atoms with Crippen LogP contribution >= 0.6 is 0 Å². The molecule has 0 saturated carbocycles. The van der Waals surface area contributed by atoms with Crippen LogP contribution in [0.1, 0.15) is 30.9 Å². The Morgan fingerprint density at radius 1 is 1.31 bits per heavy atom. The molecule has 86 valence electrons. The third-order valence-electron chi connectivity index (χ3n) is 2.93. The van der Waals surface area contributed by atoms with Crippen molar-refractivity contribution in [2.24, 2.45) is 0 Å². The van der Waals surface area contributed by atoms with E-state index in [0.717, 1.165) is 12.2 Å². The van der Waals surface area contributed by atoms with Gasteiger partial charge in [0.05, 0.1) is 6.54 Å². The summed E-state index contributed by atoms with van der Waals surface area (Å²) in [5, 5.41) is 2.97. The van der Waals surface area contributed by atoms with Crippen molar-refractivity contribution in [2.45, 2.75) is 26.3 Å². The lowest BCUT2D eigenvalue weighted by Gasteiger charge is -2.13.